The average molecular weight is 208 g/mol. The molecule has 1 aliphatic carbocycles. The number of benzene rings is 1. The van der Waals surface area contributed by atoms with Gasteiger partial charge in [-0.3, -0.25) is 0 Å². The van der Waals surface area contributed by atoms with E-state index in [0.29, 0.717) is 12.2 Å². The van der Waals surface area contributed by atoms with Gasteiger partial charge in [0, 0.05) is 18.9 Å². The van der Waals surface area contributed by atoms with Gasteiger partial charge in [0.15, 0.2) is 0 Å². The first-order chi connectivity index (χ1) is 7.12. The maximum Gasteiger partial charge on any atom is 0.130 e. The van der Waals surface area contributed by atoms with Crippen LogP contribution in [0.25, 0.3) is 0 Å². The number of rotatable bonds is 1. The highest BCUT2D eigenvalue weighted by Crippen LogP contribution is 2.50. The number of methoxy groups -OCH3 is 1. The summed E-state index contributed by atoms with van der Waals surface area (Å²) in [6.45, 7) is 2.01. The van der Waals surface area contributed by atoms with E-state index >= 15 is 0 Å². The maximum atomic E-state index is 13.7. The zero-order valence-corrected chi connectivity index (χ0v) is 8.84. The van der Waals surface area contributed by atoms with Gasteiger partial charge in [-0.1, -0.05) is 0 Å². The Kier molecular flexibility index (Phi) is 1.67. The second-order valence-corrected chi connectivity index (χ2v) is 4.51. The van der Waals surface area contributed by atoms with Crippen molar-refractivity contribution < 1.29 is 13.9 Å². The zero-order valence-electron chi connectivity index (χ0n) is 8.84. The first-order valence-electron chi connectivity index (χ1n) is 5.17. The van der Waals surface area contributed by atoms with Crippen LogP contribution in [-0.4, -0.2) is 13.2 Å². The SMILES string of the molecule is COc1cc(F)c2c(c1)C1(C)CC(C2)O1. The van der Waals surface area contributed by atoms with Crippen LogP contribution in [0.1, 0.15) is 24.5 Å². The molecule has 2 heterocycles. The second kappa shape index (κ2) is 2.73. The number of hydrogen-bond donors (Lipinski definition) is 0. The molecule has 1 fully saturated rings. The monoisotopic (exact) mass is 208 g/mol. The Labute approximate surface area is 88.0 Å². The molecule has 2 aliphatic heterocycles. The summed E-state index contributed by atoms with van der Waals surface area (Å²) in [5.74, 6) is 0.407. The van der Waals surface area contributed by atoms with Crippen molar-refractivity contribution in [2.45, 2.75) is 31.5 Å². The van der Waals surface area contributed by atoms with E-state index in [1.165, 1.54) is 6.07 Å². The van der Waals surface area contributed by atoms with Crippen molar-refractivity contribution in [1.29, 1.82) is 0 Å². The summed E-state index contributed by atoms with van der Waals surface area (Å²) in [6.07, 6.45) is 1.90. The third-order valence-corrected chi connectivity index (χ3v) is 3.45. The summed E-state index contributed by atoms with van der Waals surface area (Å²) in [5, 5.41) is 0. The molecule has 3 heteroatoms. The highest BCUT2D eigenvalue weighted by Gasteiger charge is 2.49. The van der Waals surface area contributed by atoms with E-state index in [-0.39, 0.29) is 17.5 Å². The molecule has 0 spiro atoms. The van der Waals surface area contributed by atoms with E-state index in [0.717, 1.165) is 17.5 Å². The molecule has 1 aromatic rings. The summed E-state index contributed by atoms with van der Waals surface area (Å²) < 4.78 is 24.5. The molecule has 80 valence electrons. The van der Waals surface area contributed by atoms with Gasteiger partial charge in [-0.05, 0) is 24.1 Å². The molecule has 15 heavy (non-hydrogen) atoms. The minimum atomic E-state index is -0.284. The van der Waals surface area contributed by atoms with E-state index in [2.05, 4.69) is 0 Å². The predicted molar refractivity (Wildman–Crippen MR) is 53.5 cm³/mol. The van der Waals surface area contributed by atoms with Crippen LogP contribution in [0.15, 0.2) is 12.1 Å². The molecule has 0 radical (unpaired) electrons. The van der Waals surface area contributed by atoms with Gasteiger partial charge in [-0.25, -0.2) is 4.39 Å². The minimum absolute atomic E-state index is 0.163. The van der Waals surface area contributed by atoms with Gasteiger partial charge in [0.2, 0.25) is 0 Å². The van der Waals surface area contributed by atoms with E-state index in [1.54, 1.807) is 7.11 Å². The van der Waals surface area contributed by atoms with Crippen LogP contribution in [0, 0.1) is 5.82 Å². The molecule has 0 aromatic heterocycles. The molecule has 2 unspecified atom stereocenters. The minimum Gasteiger partial charge on any atom is -0.497 e. The topological polar surface area (TPSA) is 18.5 Å². The van der Waals surface area contributed by atoms with E-state index in [1.807, 2.05) is 13.0 Å². The summed E-state index contributed by atoms with van der Waals surface area (Å²) >= 11 is 0. The van der Waals surface area contributed by atoms with Gasteiger partial charge in [0.05, 0.1) is 18.8 Å². The highest BCUT2D eigenvalue weighted by atomic mass is 19.1. The van der Waals surface area contributed by atoms with Crippen molar-refractivity contribution in [3.8, 4) is 5.75 Å². The van der Waals surface area contributed by atoms with E-state index in [9.17, 15) is 4.39 Å². The first kappa shape index (κ1) is 9.16. The number of hydrogen-bond acceptors (Lipinski definition) is 2. The molecular formula is C12H13FO2. The Bertz CT molecular complexity index is 422. The fourth-order valence-corrected chi connectivity index (χ4v) is 2.72. The molecule has 2 nitrogen and oxygen atoms in total. The Morgan fingerprint density at radius 1 is 1.53 bits per heavy atom. The van der Waals surface area contributed by atoms with Crippen LogP contribution < -0.4 is 4.74 Å². The molecule has 0 N–H and O–H groups in total. The van der Waals surface area contributed by atoms with Gasteiger partial charge in [-0.15, -0.1) is 0 Å². The van der Waals surface area contributed by atoms with E-state index < -0.39 is 0 Å². The molecule has 3 aliphatic rings. The van der Waals surface area contributed by atoms with Crippen molar-refractivity contribution in [2.24, 2.45) is 0 Å². The third-order valence-electron chi connectivity index (χ3n) is 3.45. The Morgan fingerprint density at radius 2 is 2.27 bits per heavy atom. The van der Waals surface area contributed by atoms with E-state index in [4.69, 9.17) is 9.47 Å². The van der Waals surface area contributed by atoms with Crippen LogP contribution in [0.2, 0.25) is 0 Å². The van der Waals surface area contributed by atoms with Gasteiger partial charge in [0.25, 0.3) is 0 Å². The van der Waals surface area contributed by atoms with Crippen LogP contribution in [0.4, 0.5) is 4.39 Å². The summed E-state index contributed by atoms with van der Waals surface area (Å²) in [4.78, 5) is 0. The molecular weight excluding hydrogens is 195 g/mol. The first-order valence-corrected chi connectivity index (χ1v) is 5.17. The predicted octanol–water partition coefficient (Wildman–Crippen LogP) is 2.39. The van der Waals surface area contributed by atoms with Crippen molar-refractivity contribution in [2.75, 3.05) is 7.11 Å². The van der Waals surface area contributed by atoms with Gasteiger partial charge in [0.1, 0.15) is 11.6 Å². The van der Waals surface area contributed by atoms with Crippen molar-refractivity contribution >= 4 is 0 Å². The quantitative estimate of drug-likeness (QED) is 0.705. The van der Waals surface area contributed by atoms with Gasteiger partial charge in [-0.2, -0.15) is 0 Å². The Morgan fingerprint density at radius 3 is 2.93 bits per heavy atom. The summed E-state index contributed by atoms with van der Waals surface area (Å²) in [5.41, 5.74) is 1.48. The molecule has 0 amide bonds. The lowest BCUT2D eigenvalue weighted by atomic mass is 9.73. The van der Waals surface area contributed by atoms with Gasteiger partial charge < -0.3 is 9.47 Å². The largest absolute Gasteiger partial charge is 0.497 e. The third kappa shape index (κ3) is 1.13. The normalized spacial score (nSPS) is 31.8. The summed E-state index contributed by atoms with van der Waals surface area (Å²) in [6, 6.07) is 3.35. The van der Waals surface area contributed by atoms with Crippen LogP contribution in [0.5, 0.6) is 5.75 Å². The van der Waals surface area contributed by atoms with Crippen LogP contribution in [-0.2, 0) is 16.8 Å². The molecule has 0 saturated carbocycles. The maximum absolute atomic E-state index is 13.7. The van der Waals surface area contributed by atoms with Crippen molar-refractivity contribution in [1.82, 2.24) is 0 Å². The molecule has 4 rings (SSSR count). The lowest BCUT2D eigenvalue weighted by Gasteiger charge is -2.51. The lowest BCUT2D eigenvalue weighted by Crippen LogP contribution is -2.51. The van der Waals surface area contributed by atoms with Crippen molar-refractivity contribution in [3.05, 3.63) is 29.1 Å². The highest BCUT2D eigenvalue weighted by molar-refractivity contribution is 5.44. The lowest BCUT2D eigenvalue weighted by molar-refractivity contribution is -0.212. The smallest absolute Gasteiger partial charge is 0.130 e. The Balaban J connectivity index is 2.18. The fourth-order valence-electron chi connectivity index (χ4n) is 2.72. The van der Waals surface area contributed by atoms with Crippen LogP contribution in [0.3, 0.4) is 0 Å². The van der Waals surface area contributed by atoms with Crippen molar-refractivity contribution in [3.63, 3.8) is 0 Å². The molecule has 2 atom stereocenters. The van der Waals surface area contributed by atoms with Crippen LogP contribution >= 0.6 is 0 Å². The molecule has 2 bridgehead atoms. The summed E-state index contributed by atoms with van der Waals surface area (Å²) in [7, 11) is 1.55. The fraction of sp³-hybridized carbons (Fsp3) is 0.500. The second-order valence-electron chi connectivity index (χ2n) is 4.51. The molecule has 1 aromatic carbocycles. The zero-order chi connectivity index (χ0) is 10.6. The number of ether oxygens (including phenoxy) is 2. The Hall–Kier alpha value is -1.09. The average Bonchev–Trinajstić information content (AvgIpc) is 2.17. The standard InChI is InChI=1S/C12H13FO2/c1-12-6-8(15-12)3-9-10(12)4-7(14-2)5-11(9)13/h4-5,8H,3,6H2,1-2H3. The molecule has 1 saturated heterocycles. The number of halogens is 1. The van der Waals surface area contributed by atoms with Gasteiger partial charge >= 0.3 is 0 Å².